The number of halogens is 1. The van der Waals surface area contributed by atoms with Gasteiger partial charge in [0.2, 0.25) is 0 Å². The fourth-order valence-corrected chi connectivity index (χ4v) is 1.86. The topological polar surface area (TPSA) is 41.1 Å². The maximum absolute atomic E-state index is 5.97. The summed E-state index contributed by atoms with van der Waals surface area (Å²) in [6, 6.07) is 7.80. The molecule has 1 heterocycles. The van der Waals surface area contributed by atoms with E-state index in [1.54, 1.807) is 12.4 Å². The average Bonchev–Trinajstić information content (AvgIpc) is 2.39. The number of aromatic nitrogens is 2. The first-order valence-electron chi connectivity index (χ1n) is 5.64. The molecule has 0 saturated carbocycles. The normalized spacial score (nSPS) is 10.2. The molecule has 5 heteroatoms. The Kier molecular flexibility index (Phi) is 3.99. The van der Waals surface area contributed by atoms with Crippen LogP contribution >= 0.6 is 11.6 Å². The van der Waals surface area contributed by atoms with Crippen molar-refractivity contribution in [2.75, 3.05) is 24.3 Å². The molecule has 94 valence electrons. The molecule has 0 saturated heterocycles. The van der Waals surface area contributed by atoms with E-state index in [0.717, 1.165) is 28.8 Å². The van der Waals surface area contributed by atoms with Gasteiger partial charge in [-0.1, -0.05) is 23.7 Å². The van der Waals surface area contributed by atoms with Crippen LogP contribution in [-0.4, -0.2) is 24.1 Å². The van der Waals surface area contributed by atoms with Crippen LogP contribution in [0.3, 0.4) is 0 Å². The monoisotopic (exact) mass is 262 g/mol. The highest BCUT2D eigenvalue weighted by atomic mass is 35.5. The maximum Gasteiger partial charge on any atom is 0.149 e. The van der Waals surface area contributed by atoms with Crippen molar-refractivity contribution in [1.29, 1.82) is 0 Å². The predicted molar refractivity (Wildman–Crippen MR) is 75.1 cm³/mol. The number of hydrogen-bond donors (Lipinski definition) is 1. The minimum atomic E-state index is 0.738. The molecule has 0 amide bonds. The lowest BCUT2D eigenvalue weighted by Crippen LogP contribution is -2.18. The second-order valence-corrected chi connectivity index (χ2v) is 4.43. The minimum absolute atomic E-state index is 0.738. The lowest BCUT2D eigenvalue weighted by atomic mass is 10.2. The quantitative estimate of drug-likeness (QED) is 0.920. The zero-order chi connectivity index (χ0) is 13.0. The van der Waals surface area contributed by atoms with E-state index in [-0.39, 0.29) is 0 Å². The highest BCUT2D eigenvalue weighted by Gasteiger charge is 2.05. The van der Waals surface area contributed by atoms with Gasteiger partial charge in [-0.05, 0) is 17.7 Å². The second kappa shape index (κ2) is 5.69. The van der Waals surface area contributed by atoms with Gasteiger partial charge in [0, 0.05) is 25.7 Å². The van der Waals surface area contributed by atoms with Crippen LogP contribution in [0, 0.1) is 0 Å². The summed E-state index contributed by atoms with van der Waals surface area (Å²) in [5, 5.41) is 3.72. The van der Waals surface area contributed by atoms with Crippen LogP contribution in [0.2, 0.25) is 5.02 Å². The number of rotatable bonds is 4. The first-order chi connectivity index (χ1) is 8.69. The Balaban J connectivity index is 2.13. The number of hydrogen-bond acceptors (Lipinski definition) is 4. The van der Waals surface area contributed by atoms with E-state index in [0.29, 0.717) is 0 Å². The summed E-state index contributed by atoms with van der Waals surface area (Å²) < 4.78 is 0. The molecule has 0 radical (unpaired) electrons. The van der Waals surface area contributed by atoms with Crippen molar-refractivity contribution in [3.05, 3.63) is 47.2 Å². The average molecular weight is 263 g/mol. The van der Waals surface area contributed by atoms with E-state index in [2.05, 4.69) is 15.3 Å². The molecule has 0 aliphatic carbocycles. The molecular weight excluding hydrogens is 248 g/mol. The Morgan fingerprint density at radius 2 is 2.17 bits per heavy atom. The smallest absolute Gasteiger partial charge is 0.149 e. The van der Waals surface area contributed by atoms with Gasteiger partial charge in [-0.3, -0.25) is 4.98 Å². The molecule has 2 aromatic rings. The van der Waals surface area contributed by atoms with Gasteiger partial charge in [-0.15, -0.1) is 0 Å². The molecule has 1 aromatic heterocycles. The predicted octanol–water partition coefficient (Wildman–Crippen LogP) is 2.81. The van der Waals surface area contributed by atoms with Crippen LogP contribution < -0.4 is 10.2 Å². The zero-order valence-electron chi connectivity index (χ0n) is 10.4. The Labute approximate surface area is 112 Å². The molecule has 4 nitrogen and oxygen atoms in total. The maximum atomic E-state index is 5.97. The second-order valence-electron chi connectivity index (χ2n) is 4.00. The van der Waals surface area contributed by atoms with Gasteiger partial charge in [0.25, 0.3) is 0 Å². The summed E-state index contributed by atoms with van der Waals surface area (Å²) in [5.74, 6) is 1.58. The van der Waals surface area contributed by atoms with Crippen molar-refractivity contribution in [3.8, 4) is 0 Å². The Bertz CT molecular complexity index is 530. The molecule has 1 aromatic carbocycles. The van der Waals surface area contributed by atoms with Crippen LogP contribution in [-0.2, 0) is 6.54 Å². The highest BCUT2D eigenvalue weighted by Crippen LogP contribution is 2.16. The minimum Gasteiger partial charge on any atom is -0.372 e. The van der Waals surface area contributed by atoms with Crippen LogP contribution in [0.15, 0.2) is 36.7 Å². The Hall–Kier alpha value is -1.81. The largest absolute Gasteiger partial charge is 0.372 e. The van der Waals surface area contributed by atoms with E-state index in [4.69, 9.17) is 11.6 Å². The molecule has 0 spiro atoms. The summed E-state index contributed by atoms with van der Waals surface area (Å²) in [4.78, 5) is 10.6. The van der Waals surface area contributed by atoms with Crippen molar-refractivity contribution in [2.45, 2.75) is 6.54 Å². The third kappa shape index (κ3) is 3.11. The molecule has 0 unspecified atom stereocenters. The van der Waals surface area contributed by atoms with Gasteiger partial charge >= 0.3 is 0 Å². The number of nitrogens with one attached hydrogen (secondary N) is 1. The summed E-state index contributed by atoms with van der Waals surface area (Å²) in [6.45, 7) is 0.738. The van der Waals surface area contributed by atoms with E-state index >= 15 is 0 Å². The zero-order valence-corrected chi connectivity index (χ0v) is 11.1. The molecule has 18 heavy (non-hydrogen) atoms. The van der Waals surface area contributed by atoms with E-state index in [1.807, 2.05) is 43.3 Å². The van der Waals surface area contributed by atoms with Crippen molar-refractivity contribution in [1.82, 2.24) is 9.97 Å². The summed E-state index contributed by atoms with van der Waals surface area (Å²) in [5.41, 5.74) is 1.14. The van der Waals surface area contributed by atoms with Crippen molar-refractivity contribution >= 4 is 23.2 Å². The van der Waals surface area contributed by atoms with Gasteiger partial charge in [0.1, 0.15) is 11.6 Å². The van der Waals surface area contributed by atoms with Crippen molar-refractivity contribution in [2.24, 2.45) is 0 Å². The molecule has 0 aliphatic heterocycles. The molecule has 2 rings (SSSR count). The van der Waals surface area contributed by atoms with Crippen LogP contribution in [0.1, 0.15) is 5.56 Å². The first kappa shape index (κ1) is 12.6. The summed E-state index contributed by atoms with van der Waals surface area (Å²) >= 11 is 5.97. The number of nitrogens with zero attached hydrogens (tertiary/aromatic N) is 3. The van der Waals surface area contributed by atoms with Gasteiger partial charge in [0.15, 0.2) is 0 Å². The molecule has 1 N–H and O–H groups in total. The summed E-state index contributed by atoms with van der Waals surface area (Å²) in [7, 11) is 3.80. The lowest BCUT2D eigenvalue weighted by Gasteiger charge is -2.18. The van der Waals surface area contributed by atoms with E-state index in [1.165, 1.54) is 0 Å². The highest BCUT2D eigenvalue weighted by molar-refractivity contribution is 6.30. The SMILES string of the molecule is CNc1cncc(N(C)Cc2cccc(Cl)c2)n1. The van der Waals surface area contributed by atoms with E-state index < -0.39 is 0 Å². The van der Waals surface area contributed by atoms with Gasteiger partial charge in [-0.25, -0.2) is 4.98 Å². The molecule has 0 atom stereocenters. The lowest BCUT2D eigenvalue weighted by molar-refractivity contribution is 0.891. The van der Waals surface area contributed by atoms with Crippen LogP contribution in [0.5, 0.6) is 0 Å². The summed E-state index contributed by atoms with van der Waals surface area (Å²) in [6.07, 6.45) is 3.43. The standard InChI is InChI=1S/C13H15ClN4/c1-15-12-7-16-8-13(17-12)18(2)9-10-4-3-5-11(14)6-10/h3-8H,9H2,1-2H3,(H,15,17). The fourth-order valence-electron chi connectivity index (χ4n) is 1.65. The first-order valence-corrected chi connectivity index (χ1v) is 6.02. The van der Waals surface area contributed by atoms with Gasteiger partial charge in [0.05, 0.1) is 12.4 Å². The Morgan fingerprint density at radius 1 is 1.33 bits per heavy atom. The van der Waals surface area contributed by atoms with Gasteiger partial charge < -0.3 is 10.2 Å². The van der Waals surface area contributed by atoms with E-state index in [9.17, 15) is 0 Å². The Morgan fingerprint density at radius 3 is 2.89 bits per heavy atom. The fraction of sp³-hybridized carbons (Fsp3) is 0.231. The van der Waals surface area contributed by atoms with Crippen molar-refractivity contribution in [3.63, 3.8) is 0 Å². The van der Waals surface area contributed by atoms with Crippen LogP contribution in [0.25, 0.3) is 0 Å². The molecule has 0 fully saturated rings. The third-order valence-corrected chi connectivity index (χ3v) is 2.81. The van der Waals surface area contributed by atoms with Crippen molar-refractivity contribution < 1.29 is 0 Å². The molecular formula is C13H15ClN4. The molecule has 0 bridgehead atoms. The number of anilines is 2. The number of benzene rings is 1. The molecule has 0 aliphatic rings. The van der Waals surface area contributed by atoms with Crippen LogP contribution in [0.4, 0.5) is 11.6 Å². The third-order valence-electron chi connectivity index (χ3n) is 2.58. The van der Waals surface area contributed by atoms with Gasteiger partial charge in [-0.2, -0.15) is 0 Å².